The fraction of sp³-hybridized carbons (Fsp3) is 0.396. The minimum atomic E-state index is -0.322. The number of rotatable bonds is 35. The van der Waals surface area contributed by atoms with E-state index in [4.69, 9.17) is 47.4 Å². The van der Waals surface area contributed by atoms with Crippen molar-refractivity contribution in [1.82, 2.24) is 24.9 Å². The molecule has 0 N–H and O–H groups in total. The molecule has 0 bridgehead atoms. The molecule has 0 unspecified atom stereocenters. The second-order valence-electron chi connectivity index (χ2n) is 34.2. The van der Waals surface area contributed by atoms with Crippen LogP contribution in [0.1, 0.15) is 230 Å². The summed E-state index contributed by atoms with van der Waals surface area (Å²) in [5.74, 6) is 9.46. The van der Waals surface area contributed by atoms with E-state index in [1.54, 1.807) is 12.4 Å². The molecule has 0 amide bonds. The Kier molecular flexibility index (Phi) is 53.5. The van der Waals surface area contributed by atoms with Gasteiger partial charge in [0.25, 0.3) is 0 Å². The molecule has 15 nitrogen and oxygen atoms in total. The molecule has 0 saturated carbocycles. The Morgan fingerprint density at radius 2 is 0.595 bits per heavy atom. The zero-order valence-electron chi connectivity index (χ0n) is 81.3. The van der Waals surface area contributed by atoms with Crippen LogP contribution in [0, 0.1) is 99.6 Å². The number of hydrogen-bond donors (Lipinski definition) is 0. The average Bonchev–Trinajstić information content (AvgIpc) is 0.807. The molecule has 131 heavy (non-hydrogen) atoms. The largest absolute Gasteiger partial charge is 0.537 e. The number of pyridine rings is 5. The molecule has 0 spiro atoms. The van der Waals surface area contributed by atoms with Crippen LogP contribution in [0.5, 0.6) is 69.0 Å². The van der Waals surface area contributed by atoms with Crippen LogP contribution < -0.4 is 47.4 Å². The fourth-order valence-electron chi connectivity index (χ4n) is 13.5. The normalized spacial score (nSPS) is 10.6. The summed E-state index contributed by atoms with van der Waals surface area (Å²) in [6, 6.07) is 65.6. The Bertz CT molecular complexity index is 5350. The van der Waals surface area contributed by atoms with E-state index in [9.17, 15) is 0 Å². The van der Waals surface area contributed by atoms with E-state index in [1.807, 2.05) is 289 Å². The molecular formula is C111H136Ir5N5O10-5. The summed E-state index contributed by atoms with van der Waals surface area (Å²) in [6.45, 7) is 51.8. The summed E-state index contributed by atoms with van der Waals surface area (Å²) < 4.78 is 60.4. The first-order chi connectivity index (χ1) is 60.4. The van der Waals surface area contributed by atoms with Crippen molar-refractivity contribution in [2.75, 3.05) is 26.4 Å². The SMILES string of the molecule is CCCCCCCCOc1c[c-]c(-c2cc(C)ccn2)c(OCCCCCCCC)c1C.CCOc1c[c-]c(-c2cc(C)ccn2)c(OCC)c1C.Cc1ccnc(-c2[c-]cc(OC(C)(C)C)c(C)c2OC(C)(C)C)c1.Cc1ccnc(-c2[c-]cc(OC(C)C)c(C)c2OC(C)C)c1.Cc1ccnc(-c2[c-]cc(Oc3ccccc3)c(C)c2Oc2ccccc2)c1.[Ir].[Ir].[Ir].[Ir].[Ir]. The van der Waals surface area contributed by atoms with Crippen LogP contribution in [0.25, 0.3) is 56.3 Å². The van der Waals surface area contributed by atoms with Crippen molar-refractivity contribution in [3.63, 3.8) is 0 Å². The standard InChI is InChI=1S/C29H44NO2.C25H20NO2.C21H28NO2.C19H24NO2.C17H20NO2.5Ir/c1-5-7-9-11-13-15-21-31-28-18-17-26(27-23-24(3)19-20-30-27)29(25(28)4)32-22-16-14-12-10-8-6-2;1-18-15-16-26-23(17-18)22-13-14-24(27-20-9-5-3-6-10-20)19(2)25(22)28-21-11-7-4-8-12-21;1-14-11-12-22-17(13-14)16-9-10-18(23-20(3,4)5)15(2)19(16)24-21(6,7)8;1-12(2)21-18-8-7-16(17-11-14(5)9-10-20-17)19(15(18)6)22-13(3)4;1-5-19-16-8-7-14(17(13(16)4)20-6-2)15-11-12(3)9-10-18-15;;;;;/h18-20,23H,5-16,21-22H2,1-4H3;3-12,14-17H,1-2H3;10-13H,1-8H3;8-13H,1-6H3;8-11H,5-6H2,1-4H3;;;;;/q5*-1;;;;;. The van der Waals surface area contributed by atoms with Crippen LogP contribution in [0.2, 0.25) is 0 Å². The van der Waals surface area contributed by atoms with Crippen LogP contribution in [-0.4, -0.2) is 74.8 Å². The molecule has 7 aromatic carbocycles. The summed E-state index contributed by atoms with van der Waals surface area (Å²) in [7, 11) is 0. The minimum absolute atomic E-state index is 0. The van der Waals surface area contributed by atoms with Crippen LogP contribution in [0.15, 0.2) is 183 Å². The zero-order chi connectivity index (χ0) is 91.3. The monoisotopic (exact) mass is 2660 g/mol. The third kappa shape index (κ3) is 38.4. The van der Waals surface area contributed by atoms with E-state index < -0.39 is 0 Å². The van der Waals surface area contributed by atoms with E-state index in [0.29, 0.717) is 24.7 Å². The van der Waals surface area contributed by atoms with Gasteiger partial charge in [0.15, 0.2) is 0 Å². The molecule has 5 heterocycles. The smallest absolute Gasteiger partial charge is 0.114 e. The van der Waals surface area contributed by atoms with Crippen molar-refractivity contribution in [2.24, 2.45) is 0 Å². The number of aryl methyl sites for hydroxylation is 5. The number of nitrogens with zero attached hydrogens (tertiary/aromatic N) is 5. The van der Waals surface area contributed by atoms with Gasteiger partial charge < -0.3 is 72.3 Å². The summed E-state index contributed by atoms with van der Waals surface area (Å²) in [5.41, 5.74) is 18.8. The topological polar surface area (TPSA) is 157 Å². The van der Waals surface area contributed by atoms with Crippen LogP contribution >= 0.6 is 0 Å². The van der Waals surface area contributed by atoms with Crippen LogP contribution in [-0.2, 0) is 101 Å². The first-order valence-electron chi connectivity index (χ1n) is 45.0. The van der Waals surface area contributed by atoms with E-state index in [-0.39, 0.29) is 124 Å². The van der Waals surface area contributed by atoms with Crippen molar-refractivity contribution in [2.45, 2.75) is 267 Å². The Morgan fingerprint density at radius 1 is 0.290 bits per heavy atom. The average molecular weight is 2660 g/mol. The Balaban J connectivity index is 0.000000422. The third-order valence-corrected chi connectivity index (χ3v) is 19.8. The van der Waals surface area contributed by atoms with Crippen molar-refractivity contribution in [3.05, 3.63) is 269 Å². The number of hydrogen-bond acceptors (Lipinski definition) is 15. The molecule has 0 aliphatic carbocycles. The van der Waals surface area contributed by atoms with Gasteiger partial charge in [0.05, 0.1) is 61.3 Å². The number of unbranched alkanes of at least 4 members (excludes halogenated alkanes) is 10. The van der Waals surface area contributed by atoms with Gasteiger partial charge in [0.2, 0.25) is 0 Å². The third-order valence-electron chi connectivity index (χ3n) is 19.8. The maximum atomic E-state index is 6.33. The predicted octanol–water partition coefficient (Wildman–Crippen LogP) is 29.6. The molecule has 0 fully saturated rings. The Labute approximate surface area is 852 Å². The zero-order valence-corrected chi connectivity index (χ0v) is 93.2. The second-order valence-corrected chi connectivity index (χ2v) is 34.2. The molecule has 5 radical (unpaired) electrons. The van der Waals surface area contributed by atoms with E-state index >= 15 is 0 Å². The van der Waals surface area contributed by atoms with Gasteiger partial charge in [-0.05, 0) is 219 Å². The summed E-state index contributed by atoms with van der Waals surface area (Å²) in [5, 5.41) is 0. The molecule has 12 aromatic rings. The van der Waals surface area contributed by atoms with E-state index in [2.05, 4.69) is 103 Å². The molecule has 715 valence electrons. The van der Waals surface area contributed by atoms with Gasteiger partial charge in [-0.1, -0.05) is 257 Å². The van der Waals surface area contributed by atoms with Gasteiger partial charge in [-0.3, -0.25) is 0 Å². The number of aromatic nitrogens is 5. The Morgan fingerprint density at radius 3 is 0.977 bits per heavy atom. The first-order valence-corrected chi connectivity index (χ1v) is 45.0. The quantitative estimate of drug-likeness (QED) is 0.0273. The number of benzene rings is 7. The van der Waals surface area contributed by atoms with Gasteiger partial charge >= 0.3 is 0 Å². The van der Waals surface area contributed by atoms with Crippen molar-refractivity contribution < 1.29 is 148 Å². The van der Waals surface area contributed by atoms with Crippen molar-refractivity contribution >= 4 is 0 Å². The summed E-state index contributed by atoms with van der Waals surface area (Å²) in [6.07, 6.45) is 24.4. The molecular weight excluding hydrogens is 2520 g/mol. The second kappa shape index (κ2) is 60.0. The fourth-order valence-corrected chi connectivity index (χ4v) is 13.5. The molecule has 0 atom stereocenters. The van der Waals surface area contributed by atoms with Gasteiger partial charge in [-0.15, -0.1) is 60.7 Å². The molecule has 0 aliphatic rings. The molecule has 5 aromatic heterocycles. The van der Waals surface area contributed by atoms with Crippen LogP contribution in [0.3, 0.4) is 0 Å². The van der Waals surface area contributed by atoms with Gasteiger partial charge in [0.1, 0.15) is 11.5 Å². The summed E-state index contributed by atoms with van der Waals surface area (Å²) >= 11 is 0. The van der Waals surface area contributed by atoms with Gasteiger partial charge in [0, 0.05) is 178 Å². The molecule has 0 aliphatic heterocycles. The Hall–Kier alpha value is -8.46. The number of ether oxygens (including phenoxy) is 10. The van der Waals surface area contributed by atoms with E-state index in [0.717, 1.165) is 190 Å². The predicted molar refractivity (Wildman–Crippen MR) is 515 cm³/mol. The maximum absolute atomic E-state index is 6.33. The number of para-hydroxylation sites is 2. The maximum Gasteiger partial charge on any atom is 0.114 e. The minimum Gasteiger partial charge on any atom is -0.537 e. The van der Waals surface area contributed by atoms with Crippen LogP contribution in [0.4, 0.5) is 0 Å². The van der Waals surface area contributed by atoms with E-state index in [1.165, 1.54) is 69.8 Å². The molecule has 12 rings (SSSR count). The van der Waals surface area contributed by atoms with Gasteiger partial charge in [-0.25, -0.2) is 0 Å². The van der Waals surface area contributed by atoms with Crippen molar-refractivity contribution in [3.8, 4) is 125 Å². The summed E-state index contributed by atoms with van der Waals surface area (Å²) in [4.78, 5) is 22.5. The first kappa shape index (κ1) is 117. The molecule has 0 saturated heterocycles. The van der Waals surface area contributed by atoms with Crippen molar-refractivity contribution in [1.29, 1.82) is 0 Å². The molecule has 20 heteroatoms. The van der Waals surface area contributed by atoms with Gasteiger partial charge in [-0.2, -0.15) is 0 Å².